The van der Waals surface area contributed by atoms with E-state index in [0.717, 1.165) is 33.8 Å². The summed E-state index contributed by atoms with van der Waals surface area (Å²) in [5.74, 6) is 0.305. The highest BCUT2D eigenvalue weighted by Gasteiger charge is 2.31. The van der Waals surface area contributed by atoms with Crippen molar-refractivity contribution in [1.82, 2.24) is 20.2 Å². The molecule has 1 aliphatic carbocycles. The first-order chi connectivity index (χ1) is 16.9. The molecule has 5 rings (SSSR count). The largest absolute Gasteiger partial charge is 0.352 e. The maximum Gasteiger partial charge on any atom is 0.318 e. The summed E-state index contributed by atoms with van der Waals surface area (Å²) >= 11 is 0. The molecule has 3 aromatic rings. The molecule has 1 saturated heterocycles. The van der Waals surface area contributed by atoms with E-state index in [0.29, 0.717) is 26.1 Å². The minimum absolute atomic E-state index is 0.0308. The molecule has 1 aromatic heterocycles. The van der Waals surface area contributed by atoms with E-state index in [1.165, 1.54) is 24.3 Å². The van der Waals surface area contributed by atoms with E-state index in [1.807, 2.05) is 18.7 Å². The van der Waals surface area contributed by atoms with Gasteiger partial charge in [0.25, 0.3) is 0 Å². The number of piperazine rings is 1. The fourth-order valence-corrected chi connectivity index (χ4v) is 4.77. The zero-order chi connectivity index (χ0) is 24.5. The van der Waals surface area contributed by atoms with E-state index in [4.69, 9.17) is 0 Å². The SMILES string of the molecule is C[C@@H]1CN(c2ncnc3c2C=C(c2ccc(F)cc2)C3)CCN1C(=O)N[C@H](C)c1ccc(F)cc1. The molecule has 0 bridgehead atoms. The van der Waals surface area contributed by atoms with E-state index in [1.54, 1.807) is 30.6 Å². The molecular formula is C27H27F2N5O. The minimum atomic E-state index is -0.298. The average Bonchev–Trinajstić information content (AvgIpc) is 3.29. The fourth-order valence-electron chi connectivity index (χ4n) is 4.77. The Morgan fingerprint density at radius 1 is 1.03 bits per heavy atom. The molecule has 8 heteroatoms. The van der Waals surface area contributed by atoms with Gasteiger partial charge in [-0.05, 0) is 60.9 Å². The van der Waals surface area contributed by atoms with Crippen molar-refractivity contribution in [1.29, 1.82) is 0 Å². The zero-order valence-corrected chi connectivity index (χ0v) is 19.7. The van der Waals surface area contributed by atoms with Crippen molar-refractivity contribution in [3.63, 3.8) is 0 Å². The Morgan fingerprint density at radius 2 is 1.71 bits per heavy atom. The van der Waals surface area contributed by atoms with Crippen molar-refractivity contribution in [2.75, 3.05) is 24.5 Å². The van der Waals surface area contributed by atoms with Gasteiger partial charge in [0.15, 0.2) is 0 Å². The van der Waals surface area contributed by atoms with Gasteiger partial charge in [-0.15, -0.1) is 0 Å². The molecule has 2 atom stereocenters. The second kappa shape index (κ2) is 9.44. The van der Waals surface area contributed by atoms with E-state index < -0.39 is 0 Å². The maximum absolute atomic E-state index is 13.3. The van der Waals surface area contributed by atoms with Crippen LogP contribution in [0.4, 0.5) is 19.4 Å². The zero-order valence-electron chi connectivity index (χ0n) is 19.7. The number of aromatic nitrogens is 2. The van der Waals surface area contributed by atoms with Crippen molar-refractivity contribution in [2.45, 2.75) is 32.4 Å². The lowest BCUT2D eigenvalue weighted by Gasteiger charge is -2.41. The van der Waals surface area contributed by atoms with Crippen molar-refractivity contribution in [3.8, 4) is 0 Å². The van der Waals surface area contributed by atoms with Gasteiger partial charge in [0, 0.05) is 37.7 Å². The third-order valence-electron chi connectivity index (χ3n) is 6.73. The third kappa shape index (κ3) is 4.73. The number of halogens is 2. The molecule has 180 valence electrons. The lowest BCUT2D eigenvalue weighted by molar-refractivity contribution is 0.168. The van der Waals surface area contributed by atoms with Crippen LogP contribution in [0.5, 0.6) is 0 Å². The van der Waals surface area contributed by atoms with Crippen molar-refractivity contribution in [2.24, 2.45) is 0 Å². The first-order valence-electron chi connectivity index (χ1n) is 11.8. The van der Waals surface area contributed by atoms with Crippen LogP contribution in [0.3, 0.4) is 0 Å². The van der Waals surface area contributed by atoms with Crippen LogP contribution in [0, 0.1) is 11.6 Å². The Hall–Kier alpha value is -3.81. The second-order valence-electron chi connectivity index (χ2n) is 9.12. The highest BCUT2D eigenvalue weighted by atomic mass is 19.1. The Labute approximate surface area is 203 Å². The standard InChI is InChI=1S/C27H27F2N5O/c1-17-15-33(11-12-34(17)27(35)32-18(2)19-3-7-22(28)8-4-19)26-24-13-21(14-25(24)30-16-31-26)20-5-9-23(29)10-6-20/h3-10,13,16-18H,11-12,14-15H2,1-2H3,(H,32,35)/t17-,18-/m1/s1. The van der Waals surface area contributed by atoms with Crippen LogP contribution in [0.15, 0.2) is 54.9 Å². The number of allylic oxidation sites excluding steroid dienone is 1. The van der Waals surface area contributed by atoms with E-state index in [9.17, 15) is 13.6 Å². The summed E-state index contributed by atoms with van der Waals surface area (Å²) in [6.07, 6.45) is 4.35. The Morgan fingerprint density at radius 3 is 2.40 bits per heavy atom. The molecule has 2 aromatic carbocycles. The number of nitrogens with one attached hydrogen (secondary N) is 1. The quantitative estimate of drug-likeness (QED) is 0.587. The molecule has 1 aliphatic heterocycles. The molecule has 0 spiro atoms. The fraction of sp³-hybridized carbons (Fsp3) is 0.296. The molecular weight excluding hydrogens is 448 g/mol. The lowest BCUT2D eigenvalue weighted by atomic mass is 10.1. The first kappa shape index (κ1) is 23.0. The Bertz CT molecular complexity index is 1260. The number of hydrogen-bond donors (Lipinski definition) is 1. The second-order valence-corrected chi connectivity index (χ2v) is 9.12. The van der Waals surface area contributed by atoms with Gasteiger partial charge in [0.05, 0.1) is 11.7 Å². The predicted octanol–water partition coefficient (Wildman–Crippen LogP) is 4.83. The van der Waals surface area contributed by atoms with E-state index in [2.05, 4.69) is 26.3 Å². The van der Waals surface area contributed by atoms with Crippen molar-refractivity contribution < 1.29 is 13.6 Å². The van der Waals surface area contributed by atoms with Gasteiger partial charge in [0.1, 0.15) is 23.8 Å². The average molecular weight is 476 g/mol. The van der Waals surface area contributed by atoms with Crippen LogP contribution in [-0.4, -0.2) is 46.6 Å². The Kier molecular flexibility index (Phi) is 6.19. The van der Waals surface area contributed by atoms with Gasteiger partial charge in [-0.1, -0.05) is 24.3 Å². The van der Waals surface area contributed by atoms with Crippen LogP contribution in [-0.2, 0) is 6.42 Å². The monoisotopic (exact) mass is 475 g/mol. The number of carbonyl (C=O) groups excluding carboxylic acids is 1. The van der Waals surface area contributed by atoms with Crippen LogP contribution in [0.25, 0.3) is 11.6 Å². The van der Waals surface area contributed by atoms with Crippen LogP contribution >= 0.6 is 0 Å². The molecule has 0 unspecified atom stereocenters. The minimum Gasteiger partial charge on any atom is -0.352 e. The summed E-state index contributed by atoms with van der Waals surface area (Å²) in [6.45, 7) is 5.75. The molecule has 0 radical (unpaired) electrons. The number of carbonyl (C=O) groups is 1. The Balaban J connectivity index is 1.27. The topological polar surface area (TPSA) is 61.4 Å². The summed E-state index contributed by atoms with van der Waals surface area (Å²) in [5.41, 5.74) is 4.85. The van der Waals surface area contributed by atoms with Crippen LogP contribution < -0.4 is 10.2 Å². The first-order valence-corrected chi connectivity index (χ1v) is 11.8. The highest BCUT2D eigenvalue weighted by molar-refractivity contribution is 5.91. The van der Waals surface area contributed by atoms with Gasteiger partial charge in [-0.3, -0.25) is 0 Å². The van der Waals surface area contributed by atoms with Gasteiger partial charge in [0.2, 0.25) is 0 Å². The number of urea groups is 1. The highest BCUT2D eigenvalue weighted by Crippen LogP contribution is 2.35. The molecule has 35 heavy (non-hydrogen) atoms. The molecule has 6 nitrogen and oxygen atoms in total. The molecule has 1 N–H and O–H groups in total. The van der Waals surface area contributed by atoms with Crippen molar-refractivity contribution in [3.05, 3.63) is 88.9 Å². The number of nitrogens with zero attached hydrogens (tertiary/aromatic N) is 4. The van der Waals surface area contributed by atoms with Gasteiger partial charge in [-0.25, -0.2) is 23.5 Å². The number of benzene rings is 2. The summed E-state index contributed by atoms with van der Waals surface area (Å²) in [4.78, 5) is 26.1. The summed E-state index contributed by atoms with van der Waals surface area (Å²) in [7, 11) is 0. The van der Waals surface area contributed by atoms with Gasteiger partial charge < -0.3 is 15.1 Å². The smallest absolute Gasteiger partial charge is 0.318 e. The number of rotatable bonds is 4. The molecule has 2 heterocycles. The van der Waals surface area contributed by atoms with E-state index >= 15 is 0 Å². The number of fused-ring (bicyclic) bond motifs is 1. The summed E-state index contributed by atoms with van der Waals surface area (Å²) < 4.78 is 26.6. The number of anilines is 1. The predicted molar refractivity (Wildman–Crippen MR) is 132 cm³/mol. The number of amides is 2. The molecule has 2 aliphatic rings. The van der Waals surface area contributed by atoms with Crippen molar-refractivity contribution >= 4 is 23.5 Å². The molecule has 1 fully saturated rings. The molecule has 0 saturated carbocycles. The van der Waals surface area contributed by atoms with Gasteiger partial charge in [-0.2, -0.15) is 0 Å². The normalized spacial score (nSPS) is 18.2. The number of hydrogen-bond acceptors (Lipinski definition) is 4. The van der Waals surface area contributed by atoms with Crippen LogP contribution in [0.1, 0.15) is 42.3 Å². The summed E-state index contributed by atoms with van der Waals surface area (Å²) in [6, 6.07) is 12.3. The van der Waals surface area contributed by atoms with Gasteiger partial charge >= 0.3 is 6.03 Å². The van der Waals surface area contributed by atoms with Crippen LogP contribution in [0.2, 0.25) is 0 Å². The molecule has 2 amide bonds. The van der Waals surface area contributed by atoms with E-state index in [-0.39, 0.29) is 29.7 Å². The maximum atomic E-state index is 13.3. The third-order valence-corrected chi connectivity index (χ3v) is 6.73. The summed E-state index contributed by atoms with van der Waals surface area (Å²) in [5, 5.41) is 3.02. The lowest BCUT2D eigenvalue weighted by Crippen LogP contribution is -2.57.